The highest BCUT2D eigenvalue weighted by atomic mass is 19.4. The molecule has 0 unspecified atom stereocenters. The summed E-state index contributed by atoms with van der Waals surface area (Å²) in [6.45, 7) is -0.187. The number of terminal acetylenes is 1. The molecule has 0 spiro atoms. The van der Waals surface area contributed by atoms with Crippen molar-refractivity contribution in [2.24, 2.45) is 0 Å². The molecule has 0 saturated carbocycles. The van der Waals surface area contributed by atoms with Crippen LogP contribution >= 0.6 is 0 Å². The highest BCUT2D eigenvalue weighted by Crippen LogP contribution is 2.33. The topological polar surface area (TPSA) is 55.6 Å². The first-order valence-electron chi connectivity index (χ1n) is 5.74. The van der Waals surface area contributed by atoms with Crippen molar-refractivity contribution in [3.63, 3.8) is 0 Å². The zero-order valence-electron chi connectivity index (χ0n) is 10.9. The fourth-order valence-electron chi connectivity index (χ4n) is 1.83. The summed E-state index contributed by atoms with van der Waals surface area (Å²) in [4.78, 5) is 15.4. The molecule has 2 aromatic heterocycles. The van der Waals surface area contributed by atoms with Crippen LogP contribution in [-0.2, 0) is 6.18 Å². The average molecular weight is 297 g/mol. The highest BCUT2D eigenvalue weighted by Gasteiger charge is 2.40. The number of imidazole rings is 1. The Hall–Kier alpha value is -2.69. The van der Waals surface area contributed by atoms with E-state index in [0.29, 0.717) is 0 Å². The van der Waals surface area contributed by atoms with E-state index in [1.54, 1.807) is 0 Å². The van der Waals surface area contributed by atoms with E-state index in [1.807, 2.05) is 0 Å². The van der Waals surface area contributed by atoms with Gasteiger partial charge < -0.3 is 10.1 Å². The molecule has 1 N–H and O–H groups in total. The molecule has 110 valence electrons. The number of aromatic nitrogens is 2. The van der Waals surface area contributed by atoms with Crippen LogP contribution in [0.15, 0.2) is 18.3 Å². The lowest BCUT2D eigenvalue weighted by molar-refractivity contribution is -0.141. The zero-order chi connectivity index (χ0) is 15.6. The van der Waals surface area contributed by atoms with Crippen molar-refractivity contribution in [2.45, 2.75) is 6.18 Å². The van der Waals surface area contributed by atoms with Gasteiger partial charge in [-0.25, -0.2) is 4.98 Å². The summed E-state index contributed by atoms with van der Waals surface area (Å²) in [5.74, 6) is 1.29. The van der Waals surface area contributed by atoms with Gasteiger partial charge in [-0.3, -0.25) is 9.20 Å². The fourth-order valence-corrected chi connectivity index (χ4v) is 1.83. The van der Waals surface area contributed by atoms with Gasteiger partial charge in [-0.2, -0.15) is 13.2 Å². The molecular weight excluding hydrogens is 287 g/mol. The summed E-state index contributed by atoms with van der Waals surface area (Å²) in [6, 6.07) is 2.90. The van der Waals surface area contributed by atoms with E-state index in [4.69, 9.17) is 11.2 Å². The van der Waals surface area contributed by atoms with Gasteiger partial charge in [0.1, 0.15) is 5.69 Å². The average Bonchev–Trinajstić information content (AvgIpc) is 2.84. The maximum atomic E-state index is 13.1. The van der Waals surface area contributed by atoms with Crippen LogP contribution in [0.1, 0.15) is 16.2 Å². The van der Waals surface area contributed by atoms with Gasteiger partial charge in [-0.1, -0.05) is 5.92 Å². The van der Waals surface area contributed by atoms with Crippen molar-refractivity contribution in [1.29, 1.82) is 0 Å². The second-order valence-electron chi connectivity index (χ2n) is 3.96. The van der Waals surface area contributed by atoms with Crippen LogP contribution < -0.4 is 10.1 Å². The van der Waals surface area contributed by atoms with Crippen LogP contribution in [0.3, 0.4) is 0 Å². The maximum Gasteiger partial charge on any atom is 0.435 e. The van der Waals surface area contributed by atoms with Crippen molar-refractivity contribution >= 4 is 11.6 Å². The molecule has 2 aromatic rings. The largest absolute Gasteiger partial charge is 0.493 e. The molecule has 2 rings (SSSR count). The SMILES string of the molecule is C#CCNC(=O)c1c(C(F)(F)F)nc2c(OC)cccn12. The summed E-state index contributed by atoms with van der Waals surface area (Å²) in [5, 5.41) is 2.20. The summed E-state index contributed by atoms with van der Waals surface area (Å²) >= 11 is 0. The lowest BCUT2D eigenvalue weighted by atomic mass is 10.3. The molecule has 0 saturated heterocycles. The summed E-state index contributed by atoms with van der Waals surface area (Å²) in [5.41, 5.74) is -2.02. The van der Waals surface area contributed by atoms with Crippen molar-refractivity contribution in [2.75, 3.05) is 13.7 Å². The number of nitrogens with zero attached hydrogens (tertiary/aromatic N) is 2. The van der Waals surface area contributed by atoms with Gasteiger partial charge >= 0.3 is 6.18 Å². The van der Waals surface area contributed by atoms with E-state index >= 15 is 0 Å². The molecule has 0 aliphatic carbocycles. The first-order chi connectivity index (χ1) is 9.90. The Morgan fingerprint density at radius 2 is 2.29 bits per heavy atom. The molecule has 0 aliphatic rings. The number of methoxy groups -OCH3 is 1. The molecule has 5 nitrogen and oxygen atoms in total. The Balaban J connectivity index is 2.71. The first kappa shape index (κ1) is 14.7. The molecular formula is C13H10F3N3O2. The zero-order valence-corrected chi connectivity index (χ0v) is 10.9. The van der Waals surface area contributed by atoms with E-state index in [0.717, 1.165) is 4.40 Å². The number of hydrogen-bond acceptors (Lipinski definition) is 3. The third-order valence-corrected chi connectivity index (χ3v) is 2.67. The van der Waals surface area contributed by atoms with Gasteiger partial charge in [0.05, 0.1) is 13.7 Å². The van der Waals surface area contributed by atoms with E-state index in [-0.39, 0.29) is 17.9 Å². The first-order valence-corrected chi connectivity index (χ1v) is 5.74. The second kappa shape index (κ2) is 5.36. The van der Waals surface area contributed by atoms with E-state index < -0.39 is 23.5 Å². The third kappa shape index (κ3) is 2.63. The molecule has 1 amide bonds. The standard InChI is InChI=1S/C13H10F3N3O2/c1-3-6-17-12(20)9-10(13(14,15)16)18-11-8(21-2)5-4-7-19(9)11/h1,4-5,7H,6H2,2H3,(H,17,20). The van der Waals surface area contributed by atoms with Crippen LogP contribution in [-0.4, -0.2) is 28.9 Å². The normalized spacial score (nSPS) is 11.2. The monoisotopic (exact) mass is 297 g/mol. The lowest BCUT2D eigenvalue weighted by Crippen LogP contribution is -2.27. The van der Waals surface area contributed by atoms with Crippen molar-refractivity contribution in [3.8, 4) is 18.1 Å². The number of amides is 1. The predicted molar refractivity (Wildman–Crippen MR) is 67.9 cm³/mol. The maximum absolute atomic E-state index is 13.1. The molecule has 8 heteroatoms. The summed E-state index contributed by atoms with van der Waals surface area (Å²) < 4.78 is 45.2. The Labute approximate surface area is 117 Å². The number of rotatable bonds is 3. The summed E-state index contributed by atoms with van der Waals surface area (Å²) in [6.07, 6.45) is 1.50. The van der Waals surface area contributed by atoms with Gasteiger partial charge in [0, 0.05) is 6.20 Å². The number of alkyl halides is 3. The highest BCUT2D eigenvalue weighted by molar-refractivity contribution is 5.95. The van der Waals surface area contributed by atoms with Crippen LogP contribution in [0.5, 0.6) is 5.75 Å². The minimum absolute atomic E-state index is 0.0989. The van der Waals surface area contributed by atoms with Gasteiger partial charge in [-0.15, -0.1) is 6.42 Å². The van der Waals surface area contributed by atoms with Gasteiger partial charge in [0.15, 0.2) is 17.1 Å². The number of ether oxygens (including phenoxy) is 1. The number of fused-ring (bicyclic) bond motifs is 1. The molecule has 0 radical (unpaired) electrons. The Morgan fingerprint density at radius 3 is 2.86 bits per heavy atom. The second-order valence-corrected chi connectivity index (χ2v) is 3.96. The van der Waals surface area contributed by atoms with Gasteiger partial charge in [0.25, 0.3) is 5.91 Å². The van der Waals surface area contributed by atoms with Crippen LogP contribution in [0.2, 0.25) is 0 Å². The van der Waals surface area contributed by atoms with Crippen molar-refractivity contribution in [1.82, 2.24) is 14.7 Å². The third-order valence-electron chi connectivity index (χ3n) is 2.67. The molecule has 21 heavy (non-hydrogen) atoms. The minimum atomic E-state index is -4.78. The van der Waals surface area contributed by atoms with Crippen molar-refractivity contribution < 1.29 is 22.7 Å². The summed E-state index contributed by atoms with van der Waals surface area (Å²) in [7, 11) is 1.30. The number of carbonyl (C=O) groups is 1. The van der Waals surface area contributed by atoms with Crippen LogP contribution in [0.25, 0.3) is 5.65 Å². The number of halogens is 3. The number of hydrogen-bond donors (Lipinski definition) is 1. The minimum Gasteiger partial charge on any atom is -0.493 e. The molecule has 0 aliphatic heterocycles. The van der Waals surface area contributed by atoms with Crippen LogP contribution in [0.4, 0.5) is 13.2 Å². The number of carbonyl (C=O) groups excluding carboxylic acids is 1. The molecule has 0 aromatic carbocycles. The van der Waals surface area contributed by atoms with E-state index in [2.05, 4.69) is 16.2 Å². The number of nitrogens with one attached hydrogen (secondary N) is 1. The van der Waals surface area contributed by atoms with Gasteiger partial charge in [0.2, 0.25) is 0 Å². The van der Waals surface area contributed by atoms with Crippen LogP contribution in [0, 0.1) is 12.3 Å². The molecule has 0 bridgehead atoms. The van der Waals surface area contributed by atoms with Crippen molar-refractivity contribution in [3.05, 3.63) is 29.7 Å². The lowest BCUT2D eigenvalue weighted by Gasteiger charge is -2.07. The molecule has 2 heterocycles. The quantitative estimate of drug-likeness (QED) is 0.878. The molecule has 0 fully saturated rings. The smallest absolute Gasteiger partial charge is 0.435 e. The Morgan fingerprint density at radius 1 is 1.57 bits per heavy atom. The predicted octanol–water partition coefficient (Wildman–Crippen LogP) is 1.72. The Kier molecular flexibility index (Phi) is 3.76. The Bertz CT molecular complexity index is 729. The fraction of sp³-hybridized carbons (Fsp3) is 0.231. The number of pyridine rings is 1. The molecule has 0 atom stereocenters. The van der Waals surface area contributed by atoms with Gasteiger partial charge in [-0.05, 0) is 12.1 Å². The van der Waals surface area contributed by atoms with E-state index in [9.17, 15) is 18.0 Å². The van der Waals surface area contributed by atoms with E-state index in [1.165, 1.54) is 25.4 Å².